The van der Waals surface area contributed by atoms with Crippen LogP contribution in [0.1, 0.15) is 95.6 Å². The molecule has 0 amide bonds. The van der Waals surface area contributed by atoms with Gasteiger partial charge in [0.25, 0.3) is 5.56 Å². The van der Waals surface area contributed by atoms with Crippen molar-refractivity contribution in [3.8, 4) is 0 Å². The summed E-state index contributed by atoms with van der Waals surface area (Å²) in [5.74, 6) is 0.623. The Kier molecular flexibility index (Phi) is 7.43. The van der Waals surface area contributed by atoms with Crippen LogP contribution in [0.25, 0.3) is 21.8 Å². The van der Waals surface area contributed by atoms with Crippen molar-refractivity contribution in [2.45, 2.75) is 103 Å². The van der Waals surface area contributed by atoms with Gasteiger partial charge in [-0.2, -0.15) is 4.98 Å². The number of unbranched alkanes of at least 4 members (excludes halogenated alkanes) is 1. The molecule has 2 N–H and O–H groups in total. The molecule has 6 heteroatoms. The van der Waals surface area contributed by atoms with Gasteiger partial charge in [0.2, 0.25) is 5.95 Å². The lowest BCUT2D eigenvalue weighted by Crippen LogP contribution is -2.30. The number of rotatable bonds is 8. The van der Waals surface area contributed by atoms with Crippen LogP contribution >= 0.6 is 0 Å². The summed E-state index contributed by atoms with van der Waals surface area (Å²) >= 11 is 0. The molecule has 0 bridgehead atoms. The van der Waals surface area contributed by atoms with Gasteiger partial charge in [-0.15, -0.1) is 0 Å². The van der Waals surface area contributed by atoms with Crippen molar-refractivity contribution >= 4 is 27.8 Å². The van der Waals surface area contributed by atoms with Crippen LogP contribution in [0.5, 0.6) is 0 Å². The summed E-state index contributed by atoms with van der Waals surface area (Å²) in [5, 5.41) is 9.82. The molecule has 0 aliphatic heterocycles. The predicted octanol–water partition coefficient (Wildman–Crippen LogP) is 6.08. The first-order chi connectivity index (χ1) is 16.7. The maximum atomic E-state index is 13.9. The van der Waals surface area contributed by atoms with E-state index in [2.05, 4.69) is 40.7 Å². The Balaban J connectivity index is 1.55. The summed E-state index contributed by atoms with van der Waals surface area (Å²) in [5.41, 5.74) is 2.07. The Morgan fingerprint density at radius 1 is 0.971 bits per heavy atom. The molecule has 2 aliphatic rings. The Morgan fingerprint density at radius 2 is 1.74 bits per heavy atom. The van der Waals surface area contributed by atoms with E-state index in [0.29, 0.717) is 12.0 Å². The van der Waals surface area contributed by atoms with Gasteiger partial charge >= 0.3 is 0 Å². The lowest BCUT2D eigenvalue weighted by molar-refractivity contribution is 0.354. The lowest BCUT2D eigenvalue weighted by Gasteiger charge is -2.26. The fraction of sp³-hybridized carbons (Fsp3) is 0.607. The molecule has 34 heavy (non-hydrogen) atoms. The van der Waals surface area contributed by atoms with Crippen LogP contribution in [0.15, 0.2) is 29.2 Å². The average Bonchev–Trinajstić information content (AvgIpc) is 2.89. The summed E-state index contributed by atoms with van der Waals surface area (Å²) in [4.78, 5) is 23.4. The van der Waals surface area contributed by atoms with Crippen LogP contribution in [0.3, 0.4) is 0 Å². The number of fused-ring (bicyclic) bond motifs is 3. The van der Waals surface area contributed by atoms with Crippen LogP contribution in [0, 0.1) is 0 Å². The quantitative estimate of drug-likeness (QED) is 0.314. The molecule has 0 radical (unpaired) electrons. The van der Waals surface area contributed by atoms with Gasteiger partial charge in [-0.25, -0.2) is 4.98 Å². The SMILES string of the molecule is CCCCNc1ncc2c3ccc(CNC4CCCCC4)cc3c(=O)n(C3CCCCC3)c2n1. The Bertz CT molecular complexity index is 1170. The second kappa shape index (κ2) is 10.9. The number of hydrogen-bond acceptors (Lipinski definition) is 5. The minimum Gasteiger partial charge on any atom is -0.354 e. The Hall–Kier alpha value is -2.47. The highest BCUT2D eigenvalue weighted by atomic mass is 16.1. The molecular weight excluding hydrogens is 422 g/mol. The highest BCUT2D eigenvalue weighted by Crippen LogP contribution is 2.32. The Labute approximate surface area is 202 Å². The van der Waals surface area contributed by atoms with Gasteiger partial charge in [0, 0.05) is 42.1 Å². The third-order valence-corrected chi connectivity index (χ3v) is 7.77. The van der Waals surface area contributed by atoms with E-state index >= 15 is 0 Å². The third-order valence-electron chi connectivity index (χ3n) is 7.77. The van der Waals surface area contributed by atoms with Crippen LogP contribution in [-0.2, 0) is 6.54 Å². The van der Waals surface area contributed by atoms with Crippen LogP contribution < -0.4 is 16.2 Å². The number of nitrogens with one attached hydrogen (secondary N) is 2. The number of anilines is 1. The van der Waals surface area contributed by atoms with E-state index in [1.807, 2.05) is 10.8 Å². The Morgan fingerprint density at radius 3 is 2.50 bits per heavy atom. The van der Waals surface area contributed by atoms with E-state index in [-0.39, 0.29) is 11.6 Å². The van der Waals surface area contributed by atoms with Gasteiger partial charge in [-0.05, 0) is 49.1 Å². The van der Waals surface area contributed by atoms with E-state index in [1.54, 1.807) is 0 Å². The molecule has 3 aromatic rings. The van der Waals surface area contributed by atoms with Gasteiger partial charge in [-0.1, -0.05) is 64.0 Å². The van der Waals surface area contributed by atoms with E-state index in [4.69, 9.17) is 4.98 Å². The molecule has 0 atom stereocenters. The zero-order valence-corrected chi connectivity index (χ0v) is 20.6. The highest BCUT2D eigenvalue weighted by Gasteiger charge is 2.22. The van der Waals surface area contributed by atoms with Crippen molar-refractivity contribution in [2.24, 2.45) is 0 Å². The first-order valence-electron chi connectivity index (χ1n) is 13.6. The van der Waals surface area contributed by atoms with Crippen LogP contribution in [0.4, 0.5) is 5.95 Å². The number of pyridine rings is 1. The molecule has 2 saturated carbocycles. The van der Waals surface area contributed by atoms with E-state index < -0.39 is 0 Å². The maximum absolute atomic E-state index is 13.9. The molecule has 1 aromatic carbocycles. The second-order valence-electron chi connectivity index (χ2n) is 10.3. The van der Waals surface area contributed by atoms with Gasteiger partial charge in [-0.3, -0.25) is 9.36 Å². The smallest absolute Gasteiger partial charge is 0.260 e. The zero-order chi connectivity index (χ0) is 23.3. The van der Waals surface area contributed by atoms with Crippen molar-refractivity contribution in [1.82, 2.24) is 19.9 Å². The van der Waals surface area contributed by atoms with Gasteiger partial charge in [0.1, 0.15) is 5.65 Å². The van der Waals surface area contributed by atoms with Crippen molar-refractivity contribution in [1.29, 1.82) is 0 Å². The van der Waals surface area contributed by atoms with Crippen molar-refractivity contribution < 1.29 is 0 Å². The molecule has 0 spiro atoms. The molecule has 2 heterocycles. The highest BCUT2D eigenvalue weighted by molar-refractivity contribution is 6.04. The average molecular weight is 462 g/mol. The molecule has 182 valence electrons. The number of nitrogens with zero attached hydrogens (tertiary/aromatic N) is 3. The van der Waals surface area contributed by atoms with Crippen LogP contribution in [-0.4, -0.2) is 27.1 Å². The largest absolute Gasteiger partial charge is 0.354 e. The summed E-state index contributed by atoms with van der Waals surface area (Å²) in [6.07, 6.45) is 16.3. The van der Waals surface area contributed by atoms with Crippen molar-refractivity contribution in [3.05, 3.63) is 40.3 Å². The first-order valence-corrected chi connectivity index (χ1v) is 13.6. The fourth-order valence-electron chi connectivity index (χ4n) is 5.79. The standard InChI is InChI=1S/C28H39N5O/c1-2-3-16-29-28-31-19-25-23-15-14-20(18-30-21-10-6-4-7-11-21)17-24(23)27(34)33(26(25)32-28)22-12-8-5-9-13-22/h14-15,17,19,21-22,30H,2-13,16,18H2,1H3,(H,29,31,32). The van der Waals surface area contributed by atoms with E-state index in [0.717, 1.165) is 60.6 Å². The second-order valence-corrected chi connectivity index (χ2v) is 10.3. The molecule has 2 fully saturated rings. The summed E-state index contributed by atoms with van der Waals surface area (Å²) in [6, 6.07) is 7.20. The van der Waals surface area contributed by atoms with Gasteiger partial charge < -0.3 is 10.6 Å². The number of hydrogen-bond donors (Lipinski definition) is 2. The molecule has 5 rings (SSSR count). The normalized spacial score (nSPS) is 18.0. The lowest BCUT2D eigenvalue weighted by atomic mass is 9.94. The van der Waals surface area contributed by atoms with Crippen molar-refractivity contribution in [3.63, 3.8) is 0 Å². The predicted molar refractivity (Wildman–Crippen MR) is 141 cm³/mol. The molecule has 0 saturated heterocycles. The zero-order valence-electron chi connectivity index (χ0n) is 20.6. The minimum absolute atomic E-state index is 0.104. The number of benzene rings is 1. The van der Waals surface area contributed by atoms with E-state index in [1.165, 1.54) is 56.9 Å². The monoisotopic (exact) mass is 461 g/mol. The molecular formula is C28H39N5O. The summed E-state index contributed by atoms with van der Waals surface area (Å²) in [6.45, 7) is 3.84. The number of aromatic nitrogens is 3. The van der Waals surface area contributed by atoms with Gasteiger partial charge in [0.15, 0.2) is 0 Å². The fourth-order valence-corrected chi connectivity index (χ4v) is 5.79. The van der Waals surface area contributed by atoms with E-state index in [9.17, 15) is 4.79 Å². The molecule has 0 unspecified atom stereocenters. The topological polar surface area (TPSA) is 71.8 Å². The maximum Gasteiger partial charge on any atom is 0.260 e. The van der Waals surface area contributed by atoms with Crippen LogP contribution in [0.2, 0.25) is 0 Å². The van der Waals surface area contributed by atoms with Crippen molar-refractivity contribution in [2.75, 3.05) is 11.9 Å². The molecule has 2 aromatic heterocycles. The minimum atomic E-state index is 0.104. The molecule has 6 nitrogen and oxygen atoms in total. The summed E-state index contributed by atoms with van der Waals surface area (Å²) in [7, 11) is 0. The summed E-state index contributed by atoms with van der Waals surface area (Å²) < 4.78 is 2.00. The first kappa shape index (κ1) is 23.3. The van der Waals surface area contributed by atoms with Gasteiger partial charge in [0.05, 0.1) is 0 Å². The third kappa shape index (κ3) is 4.97. The molecule has 2 aliphatic carbocycles.